The van der Waals surface area contributed by atoms with Crippen LogP contribution in [-0.4, -0.2) is 49.9 Å². The van der Waals surface area contributed by atoms with Crippen molar-refractivity contribution in [2.75, 3.05) is 19.3 Å². The minimum Gasteiger partial charge on any atom is -0.465 e. The smallest absolute Gasteiger partial charge is 0.407 e. The van der Waals surface area contributed by atoms with Crippen LogP contribution in [0.15, 0.2) is 0 Å². The Balaban J connectivity index is 2.32. The van der Waals surface area contributed by atoms with Crippen molar-refractivity contribution >= 4 is 16.1 Å². The molecule has 0 saturated carbocycles. The summed E-state index contributed by atoms with van der Waals surface area (Å²) in [5.41, 5.74) is 0. The van der Waals surface area contributed by atoms with Gasteiger partial charge in [0.25, 0.3) is 0 Å². The summed E-state index contributed by atoms with van der Waals surface area (Å²) in [6.07, 6.45) is 0.0396. The number of hydrogen-bond acceptors (Lipinski definition) is 3. The SMILES string of the molecule is CS(=O)(=O)NC1CN(C(=O)O)C1. The van der Waals surface area contributed by atoms with Gasteiger partial charge in [-0.2, -0.15) is 0 Å². The Morgan fingerprint density at radius 3 is 2.42 bits per heavy atom. The van der Waals surface area contributed by atoms with Crippen molar-refractivity contribution in [3.05, 3.63) is 0 Å². The molecular weight excluding hydrogens is 184 g/mol. The van der Waals surface area contributed by atoms with Gasteiger partial charge in [0.15, 0.2) is 0 Å². The molecule has 1 fully saturated rings. The summed E-state index contributed by atoms with van der Waals surface area (Å²) in [7, 11) is -3.20. The van der Waals surface area contributed by atoms with E-state index in [-0.39, 0.29) is 19.1 Å². The van der Waals surface area contributed by atoms with Crippen molar-refractivity contribution in [2.45, 2.75) is 6.04 Å². The summed E-state index contributed by atoms with van der Waals surface area (Å²) >= 11 is 0. The normalized spacial score (nSPS) is 18.9. The van der Waals surface area contributed by atoms with Gasteiger partial charge in [-0.1, -0.05) is 0 Å². The zero-order valence-electron chi connectivity index (χ0n) is 6.52. The number of carboxylic acid groups (broad SMARTS) is 1. The van der Waals surface area contributed by atoms with Gasteiger partial charge < -0.3 is 10.0 Å². The first-order chi connectivity index (χ1) is 5.38. The monoisotopic (exact) mass is 194 g/mol. The molecule has 1 heterocycles. The molecule has 2 N–H and O–H groups in total. The standard InChI is InChI=1S/C5H10N2O4S/c1-12(10,11)6-4-2-7(3-4)5(8)9/h4,6H,2-3H2,1H3,(H,8,9). The van der Waals surface area contributed by atoms with Crippen molar-refractivity contribution in [3.63, 3.8) is 0 Å². The van der Waals surface area contributed by atoms with Gasteiger partial charge in [-0.25, -0.2) is 17.9 Å². The summed E-state index contributed by atoms with van der Waals surface area (Å²) in [5, 5.41) is 8.40. The van der Waals surface area contributed by atoms with E-state index >= 15 is 0 Å². The third kappa shape index (κ3) is 2.35. The van der Waals surface area contributed by atoms with Gasteiger partial charge in [-0.05, 0) is 0 Å². The number of rotatable bonds is 2. The Morgan fingerprint density at radius 1 is 1.58 bits per heavy atom. The Kier molecular flexibility index (Phi) is 2.25. The van der Waals surface area contributed by atoms with E-state index < -0.39 is 16.1 Å². The lowest BCUT2D eigenvalue weighted by atomic mass is 10.1. The van der Waals surface area contributed by atoms with Crippen molar-refractivity contribution in [2.24, 2.45) is 0 Å². The summed E-state index contributed by atoms with van der Waals surface area (Å²) in [6.45, 7) is 0.477. The fraction of sp³-hybridized carbons (Fsp3) is 0.800. The second-order valence-electron chi connectivity index (χ2n) is 2.77. The molecule has 0 aromatic carbocycles. The second-order valence-corrected chi connectivity index (χ2v) is 4.55. The van der Waals surface area contributed by atoms with E-state index in [4.69, 9.17) is 5.11 Å². The van der Waals surface area contributed by atoms with Gasteiger partial charge >= 0.3 is 6.09 Å². The molecule has 1 aliphatic rings. The molecule has 0 bridgehead atoms. The highest BCUT2D eigenvalue weighted by Crippen LogP contribution is 2.07. The number of likely N-dealkylation sites (tertiary alicyclic amines) is 1. The van der Waals surface area contributed by atoms with Crippen LogP contribution in [0.1, 0.15) is 0 Å². The van der Waals surface area contributed by atoms with E-state index in [9.17, 15) is 13.2 Å². The highest BCUT2D eigenvalue weighted by atomic mass is 32.2. The van der Waals surface area contributed by atoms with E-state index in [1.165, 1.54) is 0 Å². The molecule has 0 aliphatic carbocycles. The van der Waals surface area contributed by atoms with Gasteiger partial charge in [-0.3, -0.25) is 0 Å². The van der Waals surface area contributed by atoms with E-state index in [1.54, 1.807) is 0 Å². The van der Waals surface area contributed by atoms with Crippen molar-refractivity contribution in [1.82, 2.24) is 9.62 Å². The number of carbonyl (C=O) groups is 1. The second kappa shape index (κ2) is 2.91. The van der Waals surface area contributed by atoms with Crippen LogP contribution >= 0.6 is 0 Å². The molecule has 1 rings (SSSR count). The lowest BCUT2D eigenvalue weighted by Gasteiger charge is -2.36. The first-order valence-corrected chi connectivity index (χ1v) is 5.23. The van der Waals surface area contributed by atoms with Gasteiger partial charge in [0.2, 0.25) is 10.0 Å². The summed E-state index contributed by atoms with van der Waals surface area (Å²) in [4.78, 5) is 11.4. The van der Waals surface area contributed by atoms with Crippen LogP contribution in [0.5, 0.6) is 0 Å². The Labute approximate surface area is 70.2 Å². The zero-order chi connectivity index (χ0) is 9.35. The fourth-order valence-electron chi connectivity index (χ4n) is 1.01. The predicted octanol–water partition coefficient (Wildman–Crippen LogP) is -1.10. The third-order valence-electron chi connectivity index (χ3n) is 1.53. The van der Waals surface area contributed by atoms with E-state index in [0.29, 0.717) is 0 Å². The average molecular weight is 194 g/mol. The van der Waals surface area contributed by atoms with Crippen LogP contribution in [0, 0.1) is 0 Å². The van der Waals surface area contributed by atoms with E-state index in [0.717, 1.165) is 11.2 Å². The highest BCUT2D eigenvalue weighted by molar-refractivity contribution is 7.88. The number of nitrogens with one attached hydrogen (secondary N) is 1. The predicted molar refractivity (Wildman–Crippen MR) is 41.4 cm³/mol. The zero-order valence-corrected chi connectivity index (χ0v) is 7.34. The molecule has 70 valence electrons. The maximum atomic E-state index is 10.6. The fourth-order valence-corrected chi connectivity index (χ4v) is 1.77. The van der Waals surface area contributed by atoms with Crippen LogP contribution in [0.4, 0.5) is 4.79 Å². The number of amides is 1. The molecule has 12 heavy (non-hydrogen) atoms. The number of hydrogen-bond donors (Lipinski definition) is 2. The molecule has 6 nitrogen and oxygen atoms in total. The Morgan fingerprint density at radius 2 is 2.08 bits per heavy atom. The first kappa shape index (κ1) is 9.27. The molecule has 0 radical (unpaired) electrons. The van der Waals surface area contributed by atoms with Gasteiger partial charge in [0.1, 0.15) is 0 Å². The summed E-state index contributed by atoms with van der Waals surface area (Å²) in [5.74, 6) is 0. The highest BCUT2D eigenvalue weighted by Gasteiger charge is 2.31. The number of nitrogens with zero attached hydrogens (tertiary/aromatic N) is 1. The molecule has 0 aromatic heterocycles. The van der Waals surface area contributed by atoms with Crippen LogP contribution in [0.25, 0.3) is 0 Å². The summed E-state index contributed by atoms with van der Waals surface area (Å²) < 4.78 is 23.6. The lowest BCUT2D eigenvalue weighted by molar-refractivity contribution is 0.102. The average Bonchev–Trinajstić information content (AvgIpc) is 1.74. The van der Waals surface area contributed by atoms with Crippen LogP contribution < -0.4 is 4.72 Å². The van der Waals surface area contributed by atoms with Gasteiger partial charge in [0.05, 0.1) is 12.3 Å². The molecule has 0 atom stereocenters. The van der Waals surface area contributed by atoms with Crippen LogP contribution in [0.3, 0.4) is 0 Å². The molecule has 7 heteroatoms. The summed E-state index contributed by atoms with van der Waals surface area (Å²) in [6, 6.07) is -0.254. The third-order valence-corrected chi connectivity index (χ3v) is 2.29. The molecule has 1 amide bonds. The van der Waals surface area contributed by atoms with Crippen molar-refractivity contribution in [3.8, 4) is 0 Å². The molecule has 0 aromatic rings. The van der Waals surface area contributed by atoms with E-state index in [1.807, 2.05) is 0 Å². The topological polar surface area (TPSA) is 86.7 Å². The molecule has 0 spiro atoms. The lowest BCUT2D eigenvalue weighted by Crippen LogP contribution is -2.60. The Bertz CT molecular complexity index is 280. The number of sulfonamides is 1. The van der Waals surface area contributed by atoms with Crippen LogP contribution in [-0.2, 0) is 10.0 Å². The largest absolute Gasteiger partial charge is 0.465 e. The van der Waals surface area contributed by atoms with E-state index in [2.05, 4.69) is 4.72 Å². The molecule has 1 aliphatic heterocycles. The maximum absolute atomic E-state index is 10.6. The maximum Gasteiger partial charge on any atom is 0.407 e. The quantitative estimate of drug-likeness (QED) is 0.584. The molecule has 1 saturated heterocycles. The van der Waals surface area contributed by atoms with Gasteiger partial charge in [-0.15, -0.1) is 0 Å². The van der Waals surface area contributed by atoms with Crippen molar-refractivity contribution in [1.29, 1.82) is 0 Å². The molecular formula is C5H10N2O4S. The molecule has 0 unspecified atom stereocenters. The Hall–Kier alpha value is -0.820. The minimum atomic E-state index is -3.20. The minimum absolute atomic E-state index is 0.238. The first-order valence-electron chi connectivity index (χ1n) is 3.33. The van der Waals surface area contributed by atoms with Gasteiger partial charge in [0, 0.05) is 13.1 Å². The van der Waals surface area contributed by atoms with Crippen molar-refractivity contribution < 1.29 is 18.3 Å². The van der Waals surface area contributed by atoms with Crippen LogP contribution in [0.2, 0.25) is 0 Å².